The van der Waals surface area contributed by atoms with Gasteiger partial charge in [0, 0.05) is 24.8 Å². The van der Waals surface area contributed by atoms with Crippen molar-refractivity contribution in [2.45, 2.75) is 68.7 Å². The van der Waals surface area contributed by atoms with Gasteiger partial charge in [-0.2, -0.15) is 50.7 Å². The smallest absolute Gasteiger partial charge is 0.489 e. The molecule has 0 radical (unpaired) electrons. The zero-order valence-corrected chi connectivity index (χ0v) is 25.8. The predicted octanol–water partition coefficient (Wildman–Crippen LogP) is 3.52. The third kappa shape index (κ3) is 18.6. The van der Waals surface area contributed by atoms with Gasteiger partial charge in [0.1, 0.15) is 17.9 Å². The van der Waals surface area contributed by atoms with Crippen LogP contribution in [0.1, 0.15) is 32.1 Å². The van der Waals surface area contributed by atoms with E-state index >= 15 is 0 Å². The number of hydrogen-bond donors (Lipinski definition) is 6. The lowest BCUT2D eigenvalue weighted by molar-refractivity contribution is -0.193. The van der Waals surface area contributed by atoms with Gasteiger partial charge >= 0.3 is 30.3 Å². The van der Waals surface area contributed by atoms with E-state index in [4.69, 9.17) is 30.3 Å². The highest BCUT2D eigenvalue weighted by Crippen LogP contribution is 2.24. The maximum absolute atomic E-state index is 13.0. The van der Waals surface area contributed by atoms with Gasteiger partial charge in [0.15, 0.2) is 0 Å². The number of hydrogen-bond acceptors (Lipinski definition) is 9. The molecule has 4 atom stereocenters. The van der Waals surface area contributed by atoms with E-state index in [0.717, 1.165) is 31.6 Å². The molecule has 1 aromatic carbocycles. The number of nitrogens with two attached hydrogens (primary N) is 1. The average molecular weight is 698 g/mol. The Balaban J connectivity index is 0.00000114. The number of thioether (sulfide) groups is 1. The second-order valence-electron chi connectivity index (χ2n) is 9.52. The molecule has 19 heteroatoms. The van der Waals surface area contributed by atoms with E-state index in [0.29, 0.717) is 30.9 Å². The minimum absolute atomic E-state index is 0.0860. The van der Waals surface area contributed by atoms with Crippen LogP contribution >= 0.6 is 24.4 Å². The minimum atomic E-state index is -5.08. The third-order valence-corrected chi connectivity index (χ3v) is 7.04. The standard InChI is InChI=1S/C22H35N3O4S2.2C2HF3O2/c1-31-12-10-19(22(27)28)24-21(26)20-13-18(29-17-8-3-2-4-9-17)14-25(20)11-6-5-7-16(23)15-30;2*3-2(4,5)1(6)7/h2-4,8-9,16,18-20,30H,5-7,10-15,23H2,1H3,(H,24,26)(H,27,28);2*(H,6,7)/t16-,18+,19+,20+;;/m1../s1. The van der Waals surface area contributed by atoms with Crippen molar-refractivity contribution >= 4 is 48.2 Å². The number of nitrogens with one attached hydrogen (secondary N) is 1. The van der Waals surface area contributed by atoms with Crippen LogP contribution in [0.5, 0.6) is 5.75 Å². The van der Waals surface area contributed by atoms with Gasteiger partial charge in [0.05, 0.1) is 6.04 Å². The Bertz CT molecular complexity index is 1030. The van der Waals surface area contributed by atoms with E-state index in [9.17, 15) is 41.0 Å². The number of amides is 1. The summed E-state index contributed by atoms with van der Waals surface area (Å²) < 4.78 is 69.6. The summed E-state index contributed by atoms with van der Waals surface area (Å²) >= 11 is 5.79. The highest BCUT2D eigenvalue weighted by Gasteiger charge is 2.40. The summed E-state index contributed by atoms with van der Waals surface area (Å²) in [6.45, 7) is 1.38. The maximum atomic E-state index is 13.0. The molecule has 1 heterocycles. The Kier molecular flexibility index (Phi) is 19.6. The lowest BCUT2D eigenvalue weighted by Crippen LogP contribution is -2.49. The van der Waals surface area contributed by atoms with Gasteiger partial charge in [-0.05, 0) is 49.9 Å². The molecule has 1 amide bonds. The van der Waals surface area contributed by atoms with Crippen LogP contribution in [0.3, 0.4) is 0 Å². The quantitative estimate of drug-likeness (QED) is 0.0952. The number of benzene rings is 1. The fourth-order valence-corrected chi connectivity index (χ4v) is 4.39. The first-order valence-corrected chi connectivity index (χ1v) is 15.3. The van der Waals surface area contributed by atoms with Crippen molar-refractivity contribution in [3.05, 3.63) is 30.3 Å². The third-order valence-electron chi connectivity index (χ3n) is 5.93. The molecule has 0 spiro atoms. The fraction of sp³-hybridized carbons (Fsp3) is 0.615. The van der Waals surface area contributed by atoms with Crippen molar-refractivity contribution in [2.24, 2.45) is 5.73 Å². The molecule has 0 unspecified atom stereocenters. The van der Waals surface area contributed by atoms with Crippen LogP contribution in [0, 0.1) is 0 Å². The summed E-state index contributed by atoms with van der Waals surface area (Å²) in [5.74, 6) is -4.63. The summed E-state index contributed by atoms with van der Waals surface area (Å²) in [6, 6.07) is 8.38. The normalized spacial score (nSPS) is 17.9. The average Bonchev–Trinajstić information content (AvgIpc) is 3.35. The molecule has 1 fully saturated rings. The van der Waals surface area contributed by atoms with E-state index < -0.39 is 42.3 Å². The molecule has 45 heavy (non-hydrogen) atoms. The van der Waals surface area contributed by atoms with E-state index in [1.807, 2.05) is 36.6 Å². The van der Waals surface area contributed by atoms with Crippen molar-refractivity contribution in [1.29, 1.82) is 0 Å². The van der Waals surface area contributed by atoms with E-state index in [1.165, 1.54) is 0 Å². The molecule has 11 nitrogen and oxygen atoms in total. The van der Waals surface area contributed by atoms with Crippen molar-refractivity contribution in [3.63, 3.8) is 0 Å². The van der Waals surface area contributed by atoms with Crippen LogP contribution in [0.2, 0.25) is 0 Å². The van der Waals surface area contributed by atoms with Crippen LogP contribution in [-0.4, -0.2) is 111 Å². The Morgan fingerprint density at radius 2 is 1.56 bits per heavy atom. The number of para-hydroxylation sites is 1. The number of aliphatic carboxylic acids is 3. The number of rotatable bonds is 14. The first-order valence-electron chi connectivity index (χ1n) is 13.3. The zero-order chi connectivity index (χ0) is 34.8. The number of unbranched alkanes of at least 4 members (excludes halogenated alkanes) is 1. The summed E-state index contributed by atoms with van der Waals surface area (Å²) in [5, 5.41) is 26.5. The molecule has 6 N–H and O–H groups in total. The molecule has 1 aliphatic rings. The van der Waals surface area contributed by atoms with Gasteiger partial charge < -0.3 is 31.1 Å². The number of carbonyl (C=O) groups is 4. The molecule has 2 rings (SSSR count). The molecule has 0 saturated carbocycles. The van der Waals surface area contributed by atoms with Gasteiger partial charge in [0.2, 0.25) is 5.91 Å². The molecule has 1 aliphatic heterocycles. The van der Waals surface area contributed by atoms with E-state index in [2.05, 4.69) is 22.8 Å². The van der Waals surface area contributed by atoms with Crippen LogP contribution in [-0.2, 0) is 19.2 Å². The number of carboxylic acids is 3. The predicted molar refractivity (Wildman–Crippen MR) is 156 cm³/mol. The summed E-state index contributed by atoms with van der Waals surface area (Å²) in [6.07, 6.45) is -4.65. The van der Waals surface area contributed by atoms with Gasteiger partial charge in [-0.1, -0.05) is 24.6 Å². The molecular weight excluding hydrogens is 660 g/mol. The number of carboxylic acid groups (broad SMARTS) is 3. The lowest BCUT2D eigenvalue weighted by atomic mass is 10.1. The zero-order valence-electron chi connectivity index (χ0n) is 24.1. The summed E-state index contributed by atoms with van der Waals surface area (Å²) in [7, 11) is 0. The molecule has 0 aromatic heterocycles. The van der Waals surface area contributed by atoms with Gasteiger partial charge in [-0.25, -0.2) is 14.4 Å². The second kappa shape index (κ2) is 21.0. The van der Waals surface area contributed by atoms with Gasteiger partial charge in [-0.15, -0.1) is 0 Å². The number of ether oxygens (including phenoxy) is 1. The number of alkyl halides is 6. The fourth-order valence-electron chi connectivity index (χ4n) is 3.73. The highest BCUT2D eigenvalue weighted by molar-refractivity contribution is 7.98. The number of nitrogens with zero attached hydrogens (tertiary/aromatic N) is 1. The summed E-state index contributed by atoms with van der Waals surface area (Å²) in [4.78, 5) is 44.5. The van der Waals surface area contributed by atoms with Gasteiger partial charge in [0.25, 0.3) is 0 Å². The Hall–Kier alpha value is -2.90. The number of halogens is 6. The molecule has 0 aliphatic carbocycles. The van der Waals surface area contributed by atoms with Crippen LogP contribution in [0.4, 0.5) is 26.3 Å². The van der Waals surface area contributed by atoms with Gasteiger partial charge in [-0.3, -0.25) is 9.69 Å². The van der Waals surface area contributed by atoms with Crippen LogP contribution in [0.25, 0.3) is 0 Å². The lowest BCUT2D eigenvalue weighted by Gasteiger charge is -2.25. The highest BCUT2D eigenvalue weighted by atomic mass is 32.2. The summed E-state index contributed by atoms with van der Waals surface area (Å²) in [5.41, 5.74) is 5.94. The topological polar surface area (TPSA) is 179 Å². The number of carbonyl (C=O) groups excluding carboxylic acids is 1. The Morgan fingerprint density at radius 3 is 2.00 bits per heavy atom. The SMILES string of the molecule is CSCC[C@H](NC(=O)[C@@H]1C[C@H](Oc2ccccc2)CN1CCCC[C@@H](N)CS)C(=O)O.O=C(O)C(F)(F)F.O=C(O)C(F)(F)F. The number of likely N-dealkylation sites (tertiary alicyclic amines) is 1. The molecular formula is C26H37F6N3O8S2. The van der Waals surface area contributed by atoms with E-state index in [1.54, 1.807) is 11.8 Å². The van der Waals surface area contributed by atoms with E-state index in [-0.39, 0.29) is 18.1 Å². The van der Waals surface area contributed by atoms with Crippen molar-refractivity contribution in [3.8, 4) is 5.75 Å². The first-order chi connectivity index (χ1) is 20.8. The second-order valence-corrected chi connectivity index (χ2v) is 10.9. The largest absolute Gasteiger partial charge is 0.490 e. The minimum Gasteiger partial charge on any atom is -0.489 e. The molecule has 258 valence electrons. The first kappa shape index (κ1) is 42.1. The Morgan fingerprint density at radius 1 is 1.02 bits per heavy atom. The maximum Gasteiger partial charge on any atom is 0.490 e. The molecule has 1 saturated heterocycles. The monoisotopic (exact) mass is 697 g/mol. The van der Waals surface area contributed by atoms with Crippen molar-refractivity contribution in [1.82, 2.24) is 10.2 Å². The van der Waals surface area contributed by atoms with Crippen molar-refractivity contribution in [2.75, 3.05) is 30.9 Å². The molecule has 1 aromatic rings. The van der Waals surface area contributed by atoms with Crippen LogP contribution in [0.15, 0.2) is 30.3 Å². The van der Waals surface area contributed by atoms with Crippen molar-refractivity contribution < 1.29 is 65.6 Å². The Labute approximate surface area is 265 Å². The number of thiol groups is 1. The molecule has 0 bridgehead atoms. The van der Waals surface area contributed by atoms with Crippen LogP contribution < -0.4 is 15.8 Å².